The molecule has 0 fully saturated rings. The smallest absolute Gasteiger partial charge is 0.170 e. The fourth-order valence-corrected chi connectivity index (χ4v) is 2.94. The first-order chi connectivity index (χ1) is 9.26. The molecule has 0 radical (unpaired) electrons. The first-order valence-electron chi connectivity index (χ1n) is 5.71. The third-order valence-electron chi connectivity index (χ3n) is 2.61. The standard InChI is InChI=1S/C13H11ClN4S/c1-15-11-8-18-6-5-16-12(18)13(17-11)19-10-4-2-3-9(14)7-10/h2-8,15H,1H3. The van der Waals surface area contributed by atoms with Crippen LogP contribution in [-0.2, 0) is 0 Å². The number of fused-ring (bicyclic) bond motifs is 1. The molecular formula is C13H11ClN4S. The summed E-state index contributed by atoms with van der Waals surface area (Å²) in [5.74, 6) is 0.801. The summed E-state index contributed by atoms with van der Waals surface area (Å²) >= 11 is 7.55. The van der Waals surface area contributed by atoms with E-state index in [1.54, 1.807) is 18.0 Å². The molecule has 0 spiro atoms. The number of aromatic nitrogens is 3. The number of hydrogen-bond donors (Lipinski definition) is 1. The molecule has 2 aromatic heterocycles. The molecule has 3 rings (SSSR count). The van der Waals surface area contributed by atoms with Crippen LogP contribution >= 0.6 is 23.4 Å². The van der Waals surface area contributed by atoms with Gasteiger partial charge in [-0.25, -0.2) is 9.97 Å². The molecular weight excluding hydrogens is 280 g/mol. The number of rotatable bonds is 3. The minimum Gasteiger partial charge on any atom is -0.372 e. The molecule has 96 valence electrons. The van der Waals surface area contributed by atoms with E-state index < -0.39 is 0 Å². The number of hydrogen-bond acceptors (Lipinski definition) is 4. The number of anilines is 1. The van der Waals surface area contributed by atoms with E-state index in [-0.39, 0.29) is 0 Å². The molecule has 0 aliphatic carbocycles. The molecule has 0 atom stereocenters. The summed E-state index contributed by atoms with van der Waals surface area (Å²) in [4.78, 5) is 9.91. The van der Waals surface area contributed by atoms with Gasteiger partial charge in [-0.15, -0.1) is 0 Å². The normalized spacial score (nSPS) is 10.8. The highest BCUT2D eigenvalue weighted by Gasteiger charge is 2.09. The highest BCUT2D eigenvalue weighted by atomic mass is 35.5. The van der Waals surface area contributed by atoms with E-state index in [1.807, 2.05) is 48.1 Å². The van der Waals surface area contributed by atoms with Crippen molar-refractivity contribution >= 4 is 34.8 Å². The van der Waals surface area contributed by atoms with E-state index in [0.29, 0.717) is 5.02 Å². The zero-order chi connectivity index (χ0) is 13.2. The van der Waals surface area contributed by atoms with Crippen molar-refractivity contribution in [3.63, 3.8) is 0 Å². The minimum atomic E-state index is 0.717. The van der Waals surface area contributed by atoms with Gasteiger partial charge in [-0.3, -0.25) is 0 Å². The summed E-state index contributed by atoms with van der Waals surface area (Å²) in [6, 6.07) is 7.70. The zero-order valence-corrected chi connectivity index (χ0v) is 11.7. The highest BCUT2D eigenvalue weighted by Crippen LogP contribution is 2.31. The van der Waals surface area contributed by atoms with Gasteiger partial charge in [-0.05, 0) is 18.2 Å². The van der Waals surface area contributed by atoms with Crippen molar-refractivity contribution in [2.75, 3.05) is 12.4 Å². The van der Waals surface area contributed by atoms with Crippen LogP contribution in [0, 0.1) is 0 Å². The number of imidazole rings is 1. The van der Waals surface area contributed by atoms with Crippen molar-refractivity contribution in [1.29, 1.82) is 0 Å². The first-order valence-corrected chi connectivity index (χ1v) is 6.90. The Labute approximate surface area is 119 Å². The Hall–Kier alpha value is -1.72. The van der Waals surface area contributed by atoms with E-state index in [9.17, 15) is 0 Å². The SMILES string of the molecule is CNc1cn2ccnc2c(Sc2cccc(Cl)c2)n1. The third kappa shape index (κ3) is 2.52. The van der Waals surface area contributed by atoms with Crippen LogP contribution in [0.5, 0.6) is 0 Å². The molecule has 6 heteroatoms. The van der Waals surface area contributed by atoms with E-state index >= 15 is 0 Å². The topological polar surface area (TPSA) is 42.2 Å². The lowest BCUT2D eigenvalue weighted by molar-refractivity contribution is 1.03. The van der Waals surface area contributed by atoms with E-state index in [4.69, 9.17) is 11.6 Å². The predicted molar refractivity (Wildman–Crippen MR) is 78.1 cm³/mol. The largest absolute Gasteiger partial charge is 0.372 e. The van der Waals surface area contributed by atoms with Crippen LogP contribution in [-0.4, -0.2) is 21.4 Å². The Morgan fingerprint density at radius 2 is 2.26 bits per heavy atom. The summed E-state index contributed by atoms with van der Waals surface area (Å²) in [5.41, 5.74) is 0.837. The Kier molecular flexibility index (Phi) is 3.31. The third-order valence-corrected chi connectivity index (χ3v) is 3.80. The van der Waals surface area contributed by atoms with Gasteiger partial charge in [0.1, 0.15) is 10.8 Å². The van der Waals surface area contributed by atoms with Gasteiger partial charge in [0, 0.05) is 29.4 Å². The van der Waals surface area contributed by atoms with Crippen molar-refractivity contribution in [3.8, 4) is 0 Å². The van der Waals surface area contributed by atoms with Gasteiger partial charge in [0.15, 0.2) is 5.65 Å². The molecule has 1 N–H and O–H groups in total. The maximum Gasteiger partial charge on any atom is 0.170 e. The lowest BCUT2D eigenvalue weighted by Gasteiger charge is -2.06. The monoisotopic (exact) mass is 290 g/mol. The minimum absolute atomic E-state index is 0.717. The van der Waals surface area contributed by atoms with E-state index in [2.05, 4.69) is 15.3 Å². The van der Waals surface area contributed by atoms with Crippen molar-refractivity contribution in [3.05, 3.63) is 47.9 Å². The molecule has 0 aliphatic rings. The van der Waals surface area contributed by atoms with Crippen LogP contribution in [0.15, 0.2) is 52.8 Å². The highest BCUT2D eigenvalue weighted by molar-refractivity contribution is 7.99. The molecule has 4 nitrogen and oxygen atoms in total. The van der Waals surface area contributed by atoms with Crippen LogP contribution in [0.3, 0.4) is 0 Å². The Balaban J connectivity index is 2.06. The second-order valence-corrected chi connectivity index (χ2v) is 5.40. The van der Waals surface area contributed by atoms with Crippen molar-refractivity contribution in [1.82, 2.24) is 14.4 Å². The van der Waals surface area contributed by atoms with Gasteiger partial charge in [0.05, 0.1) is 6.20 Å². The van der Waals surface area contributed by atoms with Crippen molar-refractivity contribution < 1.29 is 0 Å². The average molecular weight is 291 g/mol. The molecule has 0 saturated heterocycles. The van der Waals surface area contributed by atoms with Crippen LogP contribution in [0.25, 0.3) is 5.65 Å². The van der Waals surface area contributed by atoms with Crippen LogP contribution in [0.1, 0.15) is 0 Å². The number of nitrogens with zero attached hydrogens (tertiary/aromatic N) is 3. The second-order valence-electron chi connectivity index (χ2n) is 3.90. The number of halogens is 1. The second kappa shape index (κ2) is 5.11. The average Bonchev–Trinajstić information content (AvgIpc) is 2.87. The van der Waals surface area contributed by atoms with Gasteiger partial charge in [0.25, 0.3) is 0 Å². The van der Waals surface area contributed by atoms with E-state index in [1.165, 1.54) is 0 Å². The molecule has 3 aromatic rings. The quantitative estimate of drug-likeness (QED) is 0.801. The van der Waals surface area contributed by atoms with Gasteiger partial charge >= 0.3 is 0 Å². The maximum atomic E-state index is 6.00. The van der Waals surface area contributed by atoms with Gasteiger partial charge < -0.3 is 9.72 Å². The number of benzene rings is 1. The molecule has 0 aliphatic heterocycles. The zero-order valence-electron chi connectivity index (χ0n) is 10.2. The molecule has 0 amide bonds. The molecule has 2 heterocycles. The van der Waals surface area contributed by atoms with Crippen molar-refractivity contribution in [2.24, 2.45) is 0 Å². The number of nitrogens with one attached hydrogen (secondary N) is 1. The Bertz CT molecular complexity index is 725. The predicted octanol–water partition coefficient (Wildman–Crippen LogP) is 3.58. The van der Waals surface area contributed by atoms with E-state index in [0.717, 1.165) is 21.4 Å². The fraction of sp³-hybridized carbons (Fsp3) is 0.0769. The lowest BCUT2D eigenvalue weighted by Crippen LogP contribution is -1.98. The first kappa shape index (κ1) is 12.3. The Morgan fingerprint density at radius 3 is 3.05 bits per heavy atom. The maximum absolute atomic E-state index is 6.00. The molecule has 0 saturated carbocycles. The summed E-state index contributed by atoms with van der Waals surface area (Å²) in [6.45, 7) is 0. The summed E-state index contributed by atoms with van der Waals surface area (Å²) in [7, 11) is 1.85. The van der Waals surface area contributed by atoms with Gasteiger partial charge in [0.2, 0.25) is 0 Å². The van der Waals surface area contributed by atoms with Crippen LogP contribution in [0.4, 0.5) is 5.82 Å². The molecule has 0 bridgehead atoms. The molecule has 0 unspecified atom stereocenters. The summed E-state index contributed by atoms with van der Waals surface area (Å²) in [6.07, 6.45) is 5.57. The van der Waals surface area contributed by atoms with Crippen molar-refractivity contribution in [2.45, 2.75) is 9.92 Å². The fourth-order valence-electron chi connectivity index (χ4n) is 1.73. The van der Waals surface area contributed by atoms with Gasteiger partial charge in [-0.1, -0.05) is 29.4 Å². The van der Waals surface area contributed by atoms with Crippen LogP contribution in [0.2, 0.25) is 5.02 Å². The van der Waals surface area contributed by atoms with Gasteiger partial charge in [-0.2, -0.15) is 0 Å². The summed E-state index contributed by atoms with van der Waals surface area (Å²) < 4.78 is 1.95. The van der Waals surface area contributed by atoms with Crippen LogP contribution < -0.4 is 5.32 Å². The summed E-state index contributed by atoms with van der Waals surface area (Å²) in [5, 5.41) is 4.61. The lowest BCUT2D eigenvalue weighted by atomic mass is 10.4. The Morgan fingerprint density at radius 1 is 1.37 bits per heavy atom. The molecule has 1 aromatic carbocycles. The molecule has 19 heavy (non-hydrogen) atoms.